The van der Waals surface area contributed by atoms with Crippen molar-refractivity contribution in [1.29, 1.82) is 0 Å². The van der Waals surface area contributed by atoms with Gasteiger partial charge in [0.25, 0.3) is 0 Å². The number of thiophene rings is 1. The number of nitrogens with zero attached hydrogens (tertiary/aromatic N) is 4. The van der Waals surface area contributed by atoms with Gasteiger partial charge in [0.2, 0.25) is 0 Å². The summed E-state index contributed by atoms with van der Waals surface area (Å²) in [7, 11) is 3.61. The highest BCUT2D eigenvalue weighted by Crippen LogP contribution is 2.40. The third-order valence-electron chi connectivity index (χ3n) is 2.85. The number of anilines is 1. The molecule has 0 aliphatic carbocycles. The van der Waals surface area contributed by atoms with Gasteiger partial charge in [-0.3, -0.25) is 14.8 Å². The van der Waals surface area contributed by atoms with Gasteiger partial charge in [0.05, 0.1) is 17.2 Å². The first kappa shape index (κ1) is 14.5. The first-order valence-electron chi connectivity index (χ1n) is 6.03. The van der Waals surface area contributed by atoms with Crippen LogP contribution in [0.1, 0.15) is 23.5 Å². The van der Waals surface area contributed by atoms with E-state index in [4.69, 9.17) is 0 Å². The summed E-state index contributed by atoms with van der Waals surface area (Å²) in [6.45, 7) is 2.12. The van der Waals surface area contributed by atoms with Crippen LogP contribution in [0.15, 0.2) is 18.5 Å². The maximum absolute atomic E-state index is 11.1. The van der Waals surface area contributed by atoms with E-state index in [1.54, 1.807) is 29.7 Å². The third kappa shape index (κ3) is 2.97. The summed E-state index contributed by atoms with van der Waals surface area (Å²) in [5, 5.41) is 25.3. The molecule has 0 unspecified atom stereocenters. The molecule has 0 saturated carbocycles. The fourth-order valence-corrected chi connectivity index (χ4v) is 2.92. The average molecular weight is 296 g/mol. The second-order valence-electron chi connectivity index (χ2n) is 4.65. The number of hydrogen-bond acceptors (Lipinski definition) is 6. The summed E-state index contributed by atoms with van der Waals surface area (Å²) in [6.07, 6.45) is 2.89. The van der Waals surface area contributed by atoms with Crippen LogP contribution in [0.25, 0.3) is 0 Å². The molecule has 0 bridgehead atoms. The predicted molar refractivity (Wildman–Crippen MR) is 76.9 cm³/mol. The number of aryl methyl sites for hydroxylation is 1. The summed E-state index contributed by atoms with van der Waals surface area (Å²) in [5.74, 6) is 0. The van der Waals surface area contributed by atoms with Crippen LogP contribution < -0.4 is 4.90 Å². The van der Waals surface area contributed by atoms with Gasteiger partial charge >= 0.3 is 5.69 Å². The molecule has 2 aromatic heterocycles. The minimum Gasteiger partial charge on any atom is -0.388 e. The van der Waals surface area contributed by atoms with Gasteiger partial charge in [0, 0.05) is 43.3 Å². The van der Waals surface area contributed by atoms with Gasteiger partial charge in [0.15, 0.2) is 5.00 Å². The van der Waals surface area contributed by atoms with Gasteiger partial charge < -0.3 is 10.0 Å². The molecule has 0 fully saturated rings. The van der Waals surface area contributed by atoms with Gasteiger partial charge in [0.1, 0.15) is 0 Å². The standard InChI is InChI=1S/C12H16N4O3S/c1-8(17)11-4-10(16(18)19)12(20-11)14(2)6-9-5-13-15(3)7-9/h4-5,7-8,17H,6H2,1-3H3/t8-/m0/s1. The molecule has 0 amide bonds. The van der Waals surface area contributed by atoms with Crippen molar-refractivity contribution in [3.05, 3.63) is 39.0 Å². The van der Waals surface area contributed by atoms with Crippen molar-refractivity contribution in [3.63, 3.8) is 0 Å². The minimum absolute atomic E-state index is 0.0253. The number of aliphatic hydroxyl groups is 1. The monoisotopic (exact) mass is 296 g/mol. The zero-order valence-corrected chi connectivity index (χ0v) is 12.3. The number of rotatable bonds is 5. The minimum atomic E-state index is -0.709. The van der Waals surface area contributed by atoms with Crippen molar-refractivity contribution >= 4 is 22.0 Å². The van der Waals surface area contributed by atoms with E-state index in [0.717, 1.165) is 5.56 Å². The van der Waals surface area contributed by atoms with E-state index >= 15 is 0 Å². The fourth-order valence-electron chi connectivity index (χ4n) is 1.90. The first-order chi connectivity index (χ1) is 9.38. The molecular weight excluding hydrogens is 280 g/mol. The Morgan fingerprint density at radius 2 is 2.35 bits per heavy atom. The highest BCUT2D eigenvalue weighted by atomic mass is 32.1. The molecule has 0 spiro atoms. The summed E-state index contributed by atoms with van der Waals surface area (Å²) in [6, 6.07) is 1.43. The molecule has 8 heteroatoms. The van der Waals surface area contributed by atoms with Gasteiger partial charge in [-0.1, -0.05) is 0 Å². The number of aliphatic hydroxyl groups excluding tert-OH is 1. The van der Waals surface area contributed by atoms with E-state index in [-0.39, 0.29) is 5.69 Å². The fraction of sp³-hybridized carbons (Fsp3) is 0.417. The third-order valence-corrected chi connectivity index (χ3v) is 4.25. The maximum atomic E-state index is 11.1. The molecule has 0 saturated heterocycles. The van der Waals surface area contributed by atoms with Crippen LogP contribution in [0.2, 0.25) is 0 Å². The molecule has 1 atom stereocenters. The predicted octanol–water partition coefficient (Wildman–Crippen LogP) is 2.08. The van der Waals surface area contributed by atoms with Crippen molar-refractivity contribution < 1.29 is 10.0 Å². The molecule has 0 aromatic carbocycles. The van der Waals surface area contributed by atoms with Crippen LogP contribution >= 0.6 is 11.3 Å². The van der Waals surface area contributed by atoms with Crippen LogP contribution in [-0.4, -0.2) is 26.9 Å². The quantitative estimate of drug-likeness (QED) is 0.674. The maximum Gasteiger partial charge on any atom is 0.304 e. The van der Waals surface area contributed by atoms with Crippen molar-refractivity contribution in [1.82, 2.24) is 9.78 Å². The van der Waals surface area contributed by atoms with Gasteiger partial charge in [-0.25, -0.2) is 0 Å². The van der Waals surface area contributed by atoms with Crippen LogP contribution in [0.4, 0.5) is 10.7 Å². The van der Waals surface area contributed by atoms with Crippen LogP contribution in [0.3, 0.4) is 0 Å². The van der Waals surface area contributed by atoms with Crippen molar-refractivity contribution in [2.45, 2.75) is 19.6 Å². The van der Waals surface area contributed by atoms with Gasteiger partial charge in [-0.2, -0.15) is 5.10 Å². The van der Waals surface area contributed by atoms with Gasteiger partial charge in [-0.05, 0) is 6.92 Å². The number of aromatic nitrogens is 2. The molecule has 7 nitrogen and oxygen atoms in total. The molecule has 2 rings (SSSR count). The van der Waals surface area contributed by atoms with E-state index in [0.29, 0.717) is 16.4 Å². The molecule has 2 heterocycles. The first-order valence-corrected chi connectivity index (χ1v) is 6.85. The lowest BCUT2D eigenvalue weighted by atomic mass is 10.3. The second kappa shape index (κ2) is 5.59. The molecule has 20 heavy (non-hydrogen) atoms. The zero-order chi connectivity index (χ0) is 14.9. The number of nitro groups is 1. The topological polar surface area (TPSA) is 84.4 Å². The van der Waals surface area contributed by atoms with Crippen LogP contribution in [-0.2, 0) is 13.6 Å². The van der Waals surface area contributed by atoms with Crippen molar-refractivity contribution in [3.8, 4) is 0 Å². The highest BCUT2D eigenvalue weighted by molar-refractivity contribution is 7.16. The summed E-state index contributed by atoms with van der Waals surface area (Å²) >= 11 is 1.24. The van der Waals surface area contributed by atoms with E-state index in [1.165, 1.54) is 17.4 Å². The highest BCUT2D eigenvalue weighted by Gasteiger charge is 2.23. The Morgan fingerprint density at radius 3 is 2.85 bits per heavy atom. The van der Waals surface area contributed by atoms with E-state index in [1.807, 2.05) is 13.2 Å². The second-order valence-corrected chi connectivity index (χ2v) is 5.71. The Kier molecular flexibility index (Phi) is 4.05. The molecule has 0 radical (unpaired) electrons. The van der Waals surface area contributed by atoms with Crippen LogP contribution in [0.5, 0.6) is 0 Å². The van der Waals surface area contributed by atoms with E-state index in [2.05, 4.69) is 5.10 Å². The van der Waals surface area contributed by atoms with E-state index in [9.17, 15) is 15.2 Å². The average Bonchev–Trinajstić information content (AvgIpc) is 2.95. The SMILES string of the molecule is C[C@H](O)c1cc([N+](=O)[O-])c(N(C)Cc2cnn(C)c2)s1. The lowest BCUT2D eigenvalue weighted by molar-refractivity contribution is -0.383. The lowest BCUT2D eigenvalue weighted by Gasteiger charge is -2.15. The molecule has 108 valence electrons. The Hall–Kier alpha value is -1.93. The molecular formula is C12H16N4O3S. The Balaban J connectivity index is 2.28. The Bertz CT molecular complexity index is 620. The van der Waals surface area contributed by atoms with Crippen molar-refractivity contribution in [2.24, 2.45) is 7.05 Å². The summed E-state index contributed by atoms with van der Waals surface area (Å²) in [5.41, 5.74) is 0.994. The largest absolute Gasteiger partial charge is 0.388 e. The molecule has 1 N–H and O–H groups in total. The summed E-state index contributed by atoms with van der Waals surface area (Å²) < 4.78 is 1.69. The van der Waals surface area contributed by atoms with Gasteiger partial charge in [-0.15, -0.1) is 11.3 Å². The lowest BCUT2D eigenvalue weighted by Crippen LogP contribution is -2.15. The molecule has 0 aliphatic rings. The van der Waals surface area contributed by atoms with Crippen LogP contribution in [0, 0.1) is 10.1 Å². The normalized spacial score (nSPS) is 12.4. The molecule has 0 aliphatic heterocycles. The smallest absolute Gasteiger partial charge is 0.304 e. The van der Waals surface area contributed by atoms with Crippen molar-refractivity contribution in [2.75, 3.05) is 11.9 Å². The Labute approximate surface area is 120 Å². The molecule has 2 aromatic rings. The number of hydrogen-bond donors (Lipinski definition) is 1. The Morgan fingerprint density at radius 1 is 1.65 bits per heavy atom. The summed E-state index contributed by atoms with van der Waals surface area (Å²) in [4.78, 5) is 13.1. The zero-order valence-electron chi connectivity index (χ0n) is 11.5. The van der Waals surface area contributed by atoms with E-state index < -0.39 is 11.0 Å².